The molecule has 0 amide bonds. The quantitative estimate of drug-likeness (QED) is 0.302. The second-order valence-corrected chi connectivity index (χ2v) is 9.39. The maximum atomic E-state index is 5.00. The highest BCUT2D eigenvalue weighted by atomic mass is 15.2. The van der Waals surface area contributed by atoms with Crippen LogP contribution in [-0.4, -0.2) is 35.1 Å². The number of benzene rings is 2. The lowest BCUT2D eigenvalue weighted by molar-refractivity contribution is 0.569. The summed E-state index contributed by atoms with van der Waals surface area (Å²) < 4.78 is 0. The molecule has 0 radical (unpaired) electrons. The Balaban J connectivity index is 1.58. The molecule has 34 heavy (non-hydrogen) atoms. The summed E-state index contributed by atoms with van der Waals surface area (Å²) in [5, 5.41) is 8.10. The van der Waals surface area contributed by atoms with Gasteiger partial charge in [0, 0.05) is 48.5 Å². The van der Waals surface area contributed by atoms with Crippen molar-refractivity contribution < 1.29 is 0 Å². The van der Waals surface area contributed by atoms with Crippen LogP contribution in [0.3, 0.4) is 0 Å². The molecule has 4 aromatic rings. The highest BCUT2D eigenvalue weighted by Crippen LogP contribution is 2.38. The highest BCUT2D eigenvalue weighted by molar-refractivity contribution is 5.83. The number of hydrogen-bond donors (Lipinski definition) is 3. The number of hydrogen-bond acceptors (Lipinski definition) is 5. The molecule has 5 rings (SSSR count). The van der Waals surface area contributed by atoms with E-state index in [-0.39, 0.29) is 5.92 Å². The Hall–Kier alpha value is -3.54. The first-order valence-electron chi connectivity index (χ1n) is 12.4. The number of piperidine rings is 1. The highest BCUT2D eigenvalue weighted by Gasteiger charge is 2.26. The molecule has 6 heteroatoms. The van der Waals surface area contributed by atoms with Crippen LogP contribution in [0.5, 0.6) is 0 Å². The van der Waals surface area contributed by atoms with Crippen molar-refractivity contribution in [3.63, 3.8) is 0 Å². The summed E-state index contributed by atoms with van der Waals surface area (Å²) in [5.41, 5.74) is 5.97. The first kappa shape index (κ1) is 22.3. The molecule has 176 valence electrons. The first-order chi connectivity index (χ1) is 16.6. The molecule has 1 atom stereocenters. The minimum Gasteiger partial charge on any atom is -0.361 e. The molecule has 0 spiro atoms. The Morgan fingerprint density at radius 2 is 1.76 bits per heavy atom. The Morgan fingerprint density at radius 3 is 2.53 bits per heavy atom. The van der Waals surface area contributed by atoms with Crippen molar-refractivity contribution in [2.45, 2.75) is 45.4 Å². The van der Waals surface area contributed by atoms with Gasteiger partial charge in [-0.25, -0.2) is 0 Å². The monoisotopic (exact) mass is 454 g/mol. The minimum absolute atomic E-state index is 0.231. The molecule has 1 unspecified atom stereocenters. The van der Waals surface area contributed by atoms with E-state index in [1.54, 1.807) is 0 Å². The number of aryl methyl sites for hydroxylation is 1. The summed E-state index contributed by atoms with van der Waals surface area (Å²) in [4.78, 5) is 15.8. The van der Waals surface area contributed by atoms with E-state index in [0.29, 0.717) is 5.95 Å². The number of para-hydroxylation sites is 1. The fourth-order valence-electron chi connectivity index (χ4n) is 4.97. The smallest absolute Gasteiger partial charge is 0.226 e. The summed E-state index contributed by atoms with van der Waals surface area (Å²) in [5.74, 6) is 2.82. The molecule has 3 heterocycles. The molecule has 2 aromatic heterocycles. The van der Waals surface area contributed by atoms with Gasteiger partial charge in [0.1, 0.15) is 11.6 Å². The average Bonchev–Trinajstić information content (AvgIpc) is 3.28. The maximum absolute atomic E-state index is 5.00. The molecular weight excluding hydrogens is 420 g/mol. The second-order valence-electron chi connectivity index (χ2n) is 9.39. The van der Waals surface area contributed by atoms with Crippen LogP contribution in [-0.2, 0) is 6.42 Å². The first-order valence-corrected chi connectivity index (χ1v) is 12.4. The third-order valence-corrected chi connectivity index (χ3v) is 6.81. The van der Waals surface area contributed by atoms with Gasteiger partial charge in [0.15, 0.2) is 0 Å². The van der Waals surface area contributed by atoms with E-state index in [1.807, 2.05) is 7.05 Å². The van der Waals surface area contributed by atoms with Crippen molar-refractivity contribution in [1.29, 1.82) is 0 Å². The van der Waals surface area contributed by atoms with E-state index in [0.717, 1.165) is 36.8 Å². The van der Waals surface area contributed by atoms with Crippen LogP contribution >= 0.6 is 0 Å². The molecule has 1 saturated heterocycles. The lowest BCUT2D eigenvalue weighted by Crippen LogP contribution is -2.32. The van der Waals surface area contributed by atoms with Gasteiger partial charge in [-0.05, 0) is 62.3 Å². The molecule has 0 saturated carbocycles. The molecule has 0 bridgehead atoms. The predicted octanol–water partition coefficient (Wildman–Crippen LogP) is 6.39. The van der Waals surface area contributed by atoms with Gasteiger partial charge in [-0.15, -0.1) is 0 Å². The summed E-state index contributed by atoms with van der Waals surface area (Å²) in [6.45, 7) is 6.48. The lowest BCUT2D eigenvalue weighted by Gasteiger charge is -2.32. The third-order valence-electron chi connectivity index (χ3n) is 6.81. The van der Waals surface area contributed by atoms with Gasteiger partial charge in [0.25, 0.3) is 0 Å². The topological polar surface area (TPSA) is 68.9 Å². The number of fused-ring (bicyclic) bond motifs is 1. The van der Waals surface area contributed by atoms with Crippen molar-refractivity contribution >= 4 is 34.2 Å². The van der Waals surface area contributed by atoms with Crippen molar-refractivity contribution in [2.75, 3.05) is 35.7 Å². The van der Waals surface area contributed by atoms with Gasteiger partial charge in [-0.3, -0.25) is 0 Å². The number of H-pyrrole nitrogens is 1. The van der Waals surface area contributed by atoms with Gasteiger partial charge >= 0.3 is 0 Å². The summed E-state index contributed by atoms with van der Waals surface area (Å²) >= 11 is 0. The predicted molar refractivity (Wildman–Crippen MR) is 143 cm³/mol. The number of aromatic nitrogens is 3. The van der Waals surface area contributed by atoms with Crippen LogP contribution < -0.4 is 15.5 Å². The molecule has 3 N–H and O–H groups in total. The number of nitrogens with one attached hydrogen (secondary N) is 3. The van der Waals surface area contributed by atoms with Gasteiger partial charge in [0.05, 0.1) is 0 Å². The molecule has 2 aromatic carbocycles. The van der Waals surface area contributed by atoms with Crippen molar-refractivity contribution in [1.82, 2.24) is 15.0 Å². The van der Waals surface area contributed by atoms with Crippen LogP contribution in [0.4, 0.5) is 23.3 Å². The van der Waals surface area contributed by atoms with Crippen LogP contribution in [0, 0.1) is 6.92 Å². The van der Waals surface area contributed by atoms with E-state index >= 15 is 0 Å². The average molecular weight is 455 g/mol. The zero-order valence-electron chi connectivity index (χ0n) is 20.4. The Morgan fingerprint density at radius 1 is 1.00 bits per heavy atom. The van der Waals surface area contributed by atoms with E-state index in [2.05, 4.69) is 89.1 Å². The second kappa shape index (κ2) is 9.75. The van der Waals surface area contributed by atoms with Gasteiger partial charge < -0.3 is 20.5 Å². The largest absolute Gasteiger partial charge is 0.361 e. The van der Waals surface area contributed by atoms with Crippen LogP contribution in [0.2, 0.25) is 0 Å². The fraction of sp³-hybridized carbons (Fsp3) is 0.357. The van der Waals surface area contributed by atoms with E-state index < -0.39 is 0 Å². The molecule has 0 aliphatic carbocycles. The molecular formula is C28H34N6. The standard InChI is InChI=1S/C28H34N6/c1-19-11-13-22(14-12-19)31-26-25(20(2)17-21-18-30-24-10-6-5-9-23(21)24)27(33-28(29-3)32-26)34-15-7-4-8-16-34/h5-6,9-14,18,20,30H,4,7-8,15-17H2,1-3H3,(H2,29,31,32,33). The van der Waals surface area contributed by atoms with E-state index in [1.165, 1.54) is 46.9 Å². The van der Waals surface area contributed by atoms with Crippen molar-refractivity contribution in [3.05, 3.63) is 71.4 Å². The van der Waals surface area contributed by atoms with Gasteiger partial charge in [-0.1, -0.05) is 42.8 Å². The lowest BCUT2D eigenvalue weighted by atomic mass is 9.93. The minimum atomic E-state index is 0.231. The van der Waals surface area contributed by atoms with Crippen molar-refractivity contribution in [3.8, 4) is 0 Å². The summed E-state index contributed by atoms with van der Waals surface area (Å²) in [6, 6.07) is 17.0. The molecule has 1 fully saturated rings. The van der Waals surface area contributed by atoms with Crippen LogP contribution in [0.1, 0.15) is 48.8 Å². The fourth-order valence-corrected chi connectivity index (χ4v) is 4.97. The maximum Gasteiger partial charge on any atom is 0.226 e. The third kappa shape index (κ3) is 4.58. The number of rotatable bonds is 7. The van der Waals surface area contributed by atoms with Crippen LogP contribution in [0.15, 0.2) is 54.7 Å². The van der Waals surface area contributed by atoms with Crippen molar-refractivity contribution in [2.24, 2.45) is 0 Å². The Labute approximate surface area is 201 Å². The number of aromatic amines is 1. The Bertz CT molecular complexity index is 1250. The van der Waals surface area contributed by atoms with Gasteiger partial charge in [0.2, 0.25) is 5.95 Å². The van der Waals surface area contributed by atoms with E-state index in [4.69, 9.17) is 9.97 Å². The zero-order chi connectivity index (χ0) is 23.5. The summed E-state index contributed by atoms with van der Waals surface area (Å²) in [7, 11) is 1.89. The SMILES string of the molecule is CNc1nc(Nc2ccc(C)cc2)c(C(C)Cc2c[nH]c3ccccc23)c(N2CCCCC2)n1. The van der Waals surface area contributed by atoms with Gasteiger partial charge in [-0.2, -0.15) is 9.97 Å². The molecule has 1 aliphatic heterocycles. The molecule has 1 aliphatic rings. The number of nitrogens with zero attached hydrogens (tertiary/aromatic N) is 3. The zero-order valence-corrected chi connectivity index (χ0v) is 20.4. The summed E-state index contributed by atoms with van der Waals surface area (Å²) in [6.07, 6.45) is 6.76. The molecule has 6 nitrogen and oxygen atoms in total. The van der Waals surface area contributed by atoms with E-state index in [9.17, 15) is 0 Å². The normalized spacial score (nSPS) is 14.9. The van der Waals surface area contributed by atoms with Crippen LogP contribution in [0.25, 0.3) is 10.9 Å². The number of anilines is 4. The Kier molecular flexibility index (Phi) is 6.39.